The first-order valence-electron chi connectivity index (χ1n) is 6.56. The third kappa shape index (κ3) is 3.82. The third-order valence-electron chi connectivity index (χ3n) is 3.28. The molecule has 0 spiro atoms. The van der Waals surface area contributed by atoms with Crippen LogP contribution >= 0.6 is 0 Å². The van der Waals surface area contributed by atoms with Crippen molar-refractivity contribution in [2.24, 2.45) is 0 Å². The molecular formula is C13H19N3O3. The zero-order valence-electron chi connectivity index (χ0n) is 10.9. The number of likely N-dealkylation sites (tertiary alicyclic amines) is 1. The number of rotatable bonds is 6. The van der Waals surface area contributed by atoms with Crippen molar-refractivity contribution < 1.29 is 9.66 Å². The van der Waals surface area contributed by atoms with Gasteiger partial charge < -0.3 is 15.4 Å². The second-order valence-corrected chi connectivity index (χ2v) is 4.73. The van der Waals surface area contributed by atoms with Gasteiger partial charge in [0.15, 0.2) is 0 Å². The van der Waals surface area contributed by atoms with Gasteiger partial charge in [-0.25, -0.2) is 0 Å². The Morgan fingerprint density at radius 2 is 2.11 bits per heavy atom. The highest BCUT2D eigenvalue weighted by Gasteiger charge is 2.13. The second kappa shape index (κ2) is 6.38. The smallest absolute Gasteiger partial charge is 0.295 e. The van der Waals surface area contributed by atoms with Crippen LogP contribution in [0.2, 0.25) is 0 Å². The molecule has 2 rings (SSSR count). The summed E-state index contributed by atoms with van der Waals surface area (Å²) >= 11 is 0. The van der Waals surface area contributed by atoms with Crippen LogP contribution in [0.4, 0.5) is 11.4 Å². The summed E-state index contributed by atoms with van der Waals surface area (Å²) in [4.78, 5) is 12.7. The van der Waals surface area contributed by atoms with E-state index in [1.807, 2.05) is 0 Å². The summed E-state index contributed by atoms with van der Waals surface area (Å²) in [5.41, 5.74) is 5.59. The average molecular weight is 265 g/mol. The fourth-order valence-electron chi connectivity index (χ4n) is 2.26. The Kier molecular flexibility index (Phi) is 4.57. The maximum Gasteiger partial charge on any atom is 0.295 e. The van der Waals surface area contributed by atoms with E-state index in [0.717, 1.165) is 13.0 Å². The molecule has 19 heavy (non-hydrogen) atoms. The molecule has 0 unspecified atom stereocenters. The Balaban J connectivity index is 1.79. The van der Waals surface area contributed by atoms with E-state index in [1.165, 1.54) is 38.1 Å². The third-order valence-corrected chi connectivity index (χ3v) is 3.28. The van der Waals surface area contributed by atoms with Crippen LogP contribution in [0.15, 0.2) is 18.2 Å². The van der Waals surface area contributed by atoms with Gasteiger partial charge in [-0.05, 0) is 44.5 Å². The number of anilines is 1. The maximum absolute atomic E-state index is 10.7. The predicted molar refractivity (Wildman–Crippen MR) is 73.3 cm³/mol. The lowest BCUT2D eigenvalue weighted by Crippen LogP contribution is -2.21. The molecule has 1 aromatic carbocycles. The minimum atomic E-state index is -0.494. The van der Waals surface area contributed by atoms with Crippen LogP contribution in [0.5, 0.6) is 5.75 Å². The lowest BCUT2D eigenvalue weighted by atomic mass is 10.2. The molecule has 104 valence electrons. The van der Waals surface area contributed by atoms with Crippen LogP contribution < -0.4 is 10.5 Å². The maximum atomic E-state index is 10.7. The van der Waals surface area contributed by atoms with E-state index >= 15 is 0 Å². The van der Waals surface area contributed by atoms with Gasteiger partial charge in [0, 0.05) is 6.54 Å². The largest absolute Gasteiger partial charge is 0.493 e. The highest BCUT2D eigenvalue weighted by Crippen LogP contribution is 2.26. The van der Waals surface area contributed by atoms with Crippen molar-refractivity contribution in [2.75, 3.05) is 32.0 Å². The molecule has 0 saturated carbocycles. The average Bonchev–Trinajstić information content (AvgIpc) is 2.89. The summed E-state index contributed by atoms with van der Waals surface area (Å²) in [7, 11) is 0. The summed E-state index contributed by atoms with van der Waals surface area (Å²) in [5, 5.41) is 10.7. The van der Waals surface area contributed by atoms with Crippen molar-refractivity contribution in [2.45, 2.75) is 19.3 Å². The number of hydrogen-bond acceptors (Lipinski definition) is 5. The first kappa shape index (κ1) is 13.6. The van der Waals surface area contributed by atoms with Crippen molar-refractivity contribution in [3.05, 3.63) is 28.3 Å². The van der Waals surface area contributed by atoms with Crippen molar-refractivity contribution in [1.82, 2.24) is 4.90 Å². The normalized spacial score (nSPS) is 15.6. The van der Waals surface area contributed by atoms with Gasteiger partial charge in [0.25, 0.3) is 5.69 Å². The Morgan fingerprint density at radius 3 is 2.79 bits per heavy atom. The Morgan fingerprint density at radius 1 is 1.37 bits per heavy atom. The molecule has 0 radical (unpaired) electrons. The van der Waals surface area contributed by atoms with Crippen LogP contribution in [0.3, 0.4) is 0 Å². The summed E-state index contributed by atoms with van der Waals surface area (Å²) < 4.78 is 5.52. The standard InChI is InChI=1S/C13H19N3O3/c14-12-5-4-11(10-13(12)16(17)18)19-9-3-8-15-6-1-2-7-15/h4-5,10H,1-3,6-9,14H2. The van der Waals surface area contributed by atoms with Crippen LogP contribution in [-0.2, 0) is 0 Å². The molecular weight excluding hydrogens is 246 g/mol. The number of ether oxygens (including phenoxy) is 1. The van der Waals surface area contributed by atoms with Gasteiger partial charge in [-0.3, -0.25) is 10.1 Å². The molecule has 6 nitrogen and oxygen atoms in total. The van der Waals surface area contributed by atoms with Crippen LogP contribution in [0.1, 0.15) is 19.3 Å². The number of hydrogen-bond donors (Lipinski definition) is 1. The zero-order valence-corrected chi connectivity index (χ0v) is 10.9. The molecule has 2 N–H and O–H groups in total. The number of nitrogens with zero attached hydrogens (tertiary/aromatic N) is 2. The van der Waals surface area contributed by atoms with Crippen molar-refractivity contribution in [1.29, 1.82) is 0 Å². The van der Waals surface area contributed by atoms with Crippen LogP contribution in [0, 0.1) is 10.1 Å². The van der Waals surface area contributed by atoms with Crippen molar-refractivity contribution in [3.63, 3.8) is 0 Å². The van der Waals surface area contributed by atoms with Crippen molar-refractivity contribution in [3.8, 4) is 5.75 Å². The zero-order chi connectivity index (χ0) is 13.7. The number of nitrogens with two attached hydrogens (primary N) is 1. The molecule has 1 aliphatic heterocycles. The topological polar surface area (TPSA) is 81.6 Å². The van der Waals surface area contributed by atoms with Crippen molar-refractivity contribution >= 4 is 11.4 Å². The summed E-state index contributed by atoms with van der Waals surface area (Å²) in [6.45, 7) is 3.94. The molecule has 1 aliphatic rings. The van der Waals surface area contributed by atoms with Gasteiger partial charge in [0.05, 0.1) is 17.6 Å². The quantitative estimate of drug-likeness (QED) is 0.368. The molecule has 6 heteroatoms. The Hall–Kier alpha value is -1.82. The fourth-order valence-corrected chi connectivity index (χ4v) is 2.26. The Labute approximate surface area is 112 Å². The SMILES string of the molecule is Nc1ccc(OCCCN2CCCC2)cc1[N+](=O)[O-]. The monoisotopic (exact) mass is 265 g/mol. The summed E-state index contributed by atoms with van der Waals surface area (Å²) in [6.07, 6.45) is 3.49. The van der Waals surface area contributed by atoms with Gasteiger partial charge >= 0.3 is 0 Å². The molecule has 0 bridgehead atoms. The van der Waals surface area contributed by atoms with Gasteiger partial charge in [-0.15, -0.1) is 0 Å². The van der Waals surface area contributed by atoms with E-state index in [2.05, 4.69) is 4.90 Å². The van der Waals surface area contributed by atoms with E-state index in [-0.39, 0.29) is 11.4 Å². The fraction of sp³-hybridized carbons (Fsp3) is 0.538. The van der Waals surface area contributed by atoms with E-state index in [4.69, 9.17) is 10.5 Å². The lowest BCUT2D eigenvalue weighted by Gasteiger charge is -2.14. The molecule has 0 amide bonds. The molecule has 1 saturated heterocycles. The van der Waals surface area contributed by atoms with E-state index in [9.17, 15) is 10.1 Å². The number of nitro benzene ring substituents is 1. The summed E-state index contributed by atoms with van der Waals surface area (Å²) in [6, 6.07) is 4.55. The first-order valence-corrected chi connectivity index (χ1v) is 6.56. The van der Waals surface area contributed by atoms with Gasteiger partial charge in [-0.1, -0.05) is 0 Å². The predicted octanol–water partition coefficient (Wildman–Crippen LogP) is 2.04. The number of benzene rings is 1. The molecule has 0 atom stereocenters. The molecule has 1 heterocycles. The lowest BCUT2D eigenvalue weighted by molar-refractivity contribution is -0.384. The number of nitrogen functional groups attached to an aromatic ring is 1. The van der Waals surface area contributed by atoms with Crippen LogP contribution in [-0.4, -0.2) is 36.1 Å². The Bertz CT molecular complexity index is 445. The minimum Gasteiger partial charge on any atom is -0.493 e. The van der Waals surface area contributed by atoms with E-state index in [0.29, 0.717) is 12.4 Å². The molecule has 1 aromatic rings. The molecule has 1 fully saturated rings. The van der Waals surface area contributed by atoms with Gasteiger partial charge in [0.2, 0.25) is 0 Å². The number of nitro groups is 1. The first-order chi connectivity index (χ1) is 9.16. The highest BCUT2D eigenvalue weighted by atomic mass is 16.6. The van der Waals surface area contributed by atoms with E-state index in [1.54, 1.807) is 6.07 Å². The second-order valence-electron chi connectivity index (χ2n) is 4.73. The molecule has 0 aliphatic carbocycles. The van der Waals surface area contributed by atoms with Crippen LogP contribution in [0.25, 0.3) is 0 Å². The van der Waals surface area contributed by atoms with E-state index < -0.39 is 4.92 Å². The van der Waals surface area contributed by atoms with Gasteiger partial charge in [-0.2, -0.15) is 0 Å². The highest BCUT2D eigenvalue weighted by molar-refractivity contribution is 5.60. The summed E-state index contributed by atoms with van der Waals surface area (Å²) in [5.74, 6) is 0.502. The minimum absolute atomic E-state index is 0.1000. The van der Waals surface area contributed by atoms with Gasteiger partial charge in [0.1, 0.15) is 11.4 Å². The molecule has 0 aromatic heterocycles.